The molecule has 1 aliphatic heterocycles. The second kappa shape index (κ2) is 10.4. The van der Waals surface area contributed by atoms with Gasteiger partial charge < -0.3 is 9.47 Å². The second-order valence-electron chi connectivity index (χ2n) is 7.81. The van der Waals surface area contributed by atoms with E-state index in [0.717, 1.165) is 25.7 Å². The van der Waals surface area contributed by atoms with E-state index in [-0.39, 0.29) is 43.9 Å². The van der Waals surface area contributed by atoms with Crippen LogP contribution in [0.5, 0.6) is 5.75 Å². The maximum Gasteiger partial charge on any atom is 0.326 e. The number of carbonyl (C=O) groups excluding carboxylic acids is 2. The van der Waals surface area contributed by atoms with Gasteiger partial charge in [-0.3, -0.25) is 15.0 Å². The Hall–Kier alpha value is -2.24. The molecule has 1 saturated heterocycles. The highest BCUT2D eigenvalue weighted by atomic mass is 32.2. The third kappa shape index (κ3) is 6.88. The van der Waals surface area contributed by atoms with Gasteiger partial charge in [-0.05, 0) is 56.7 Å². The lowest BCUT2D eigenvalue weighted by atomic mass is 10.1. The van der Waals surface area contributed by atoms with Crippen molar-refractivity contribution >= 4 is 22.0 Å². The van der Waals surface area contributed by atoms with Gasteiger partial charge in [0.1, 0.15) is 13.3 Å². The molecule has 1 aliphatic carbocycles. The highest BCUT2D eigenvalue weighted by Crippen LogP contribution is 2.28. The number of amides is 3. The van der Waals surface area contributed by atoms with E-state index in [1.54, 1.807) is 13.0 Å². The van der Waals surface area contributed by atoms with Gasteiger partial charge in [-0.2, -0.15) is 0 Å². The standard InChI is InChI=1S/C20H28FN3O6S/c1-14(15-7-8-17(21)18(11-15)30-16-5-2-3-6-16)23-31(27,28)10-4-9-29-13-24-12-19(25)22-20(24)26/h7-8,11,14,16,23H,2-6,9-10,12-13H2,1H3,(H,22,25,26)/t14-/m1/s1. The normalized spacial score (nSPS) is 18.5. The fourth-order valence-corrected chi connectivity index (χ4v) is 4.87. The Kier molecular flexibility index (Phi) is 7.84. The van der Waals surface area contributed by atoms with E-state index < -0.39 is 33.8 Å². The molecule has 2 fully saturated rings. The maximum atomic E-state index is 14.1. The summed E-state index contributed by atoms with van der Waals surface area (Å²) in [5.41, 5.74) is 0.610. The maximum absolute atomic E-state index is 14.1. The molecule has 172 valence electrons. The summed E-state index contributed by atoms with van der Waals surface area (Å²) < 4.78 is 52.4. The van der Waals surface area contributed by atoms with Crippen LogP contribution in [-0.4, -0.2) is 57.0 Å². The lowest BCUT2D eigenvalue weighted by Gasteiger charge is -2.18. The number of nitrogens with zero attached hydrogens (tertiary/aromatic N) is 1. The fraction of sp³-hybridized carbons (Fsp3) is 0.600. The van der Waals surface area contributed by atoms with Crippen LogP contribution >= 0.6 is 0 Å². The Morgan fingerprint density at radius 3 is 2.71 bits per heavy atom. The van der Waals surface area contributed by atoms with Gasteiger partial charge in [0.25, 0.3) is 0 Å². The fourth-order valence-electron chi connectivity index (χ4n) is 3.57. The minimum absolute atomic E-state index is 0.00139. The highest BCUT2D eigenvalue weighted by molar-refractivity contribution is 7.89. The van der Waals surface area contributed by atoms with Gasteiger partial charge in [-0.1, -0.05) is 6.07 Å². The molecule has 31 heavy (non-hydrogen) atoms. The number of hydrogen-bond acceptors (Lipinski definition) is 6. The van der Waals surface area contributed by atoms with Crippen LogP contribution in [0, 0.1) is 5.82 Å². The number of rotatable bonds is 11. The molecule has 2 aliphatic rings. The smallest absolute Gasteiger partial charge is 0.326 e. The van der Waals surface area contributed by atoms with Crippen LogP contribution in [0.15, 0.2) is 18.2 Å². The van der Waals surface area contributed by atoms with Gasteiger partial charge in [0, 0.05) is 12.6 Å². The van der Waals surface area contributed by atoms with E-state index in [1.807, 2.05) is 0 Å². The van der Waals surface area contributed by atoms with E-state index >= 15 is 0 Å². The summed E-state index contributed by atoms with van der Waals surface area (Å²) in [5, 5.41) is 2.13. The van der Waals surface area contributed by atoms with Crippen LogP contribution < -0.4 is 14.8 Å². The third-order valence-electron chi connectivity index (χ3n) is 5.22. The number of ether oxygens (including phenoxy) is 2. The lowest BCUT2D eigenvalue weighted by Crippen LogP contribution is -2.31. The average Bonchev–Trinajstić information content (AvgIpc) is 3.32. The van der Waals surface area contributed by atoms with Crippen molar-refractivity contribution in [1.82, 2.24) is 14.9 Å². The molecule has 0 aromatic heterocycles. The monoisotopic (exact) mass is 457 g/mol. The van der Waals surface area contributed by atoms with Gasteiger partial charge in [-0.15, -0.1) is 0 Å². The summed E-state index contributed by atoms with van der Waals surface area (Å²) in [6.45, 7) is 1.65. The minimum Gasteiger partial charge on any atom is -0.487 e. The van der Waals surface area contributed by atoms with Crippen LogP contribution in [0.1, 0.15) is 50.6 Å². The van der Waals surface area contributed by atoms with Crippen LogP contribution in [-0.2, 0) is 19.6 Å². The first-order valence-corrected chi connectivity index (χ1v) is 12.0. The number of urea groups is 1. The summed E-state index contributed by atoms with van der Waals surface area (Å²) in [7, 11) is -3.60. The van der Waals surface area contributed by atoms with E-state index in [1.165, 1.54) is 17.0 Å². The molecule has 0 unspecified atom stereocenters. The van der Waals surface area contributed by atoms with Crippen molar-refractivity contribution in [2.75, 3.05) is 25.6 Å². The molecule has 9 nitrogen and oxygen atoms in total. The lowest BCUT2D eigenvalue weighted by molar-refractivity contribution is -0.118. The number of hydrogen-bond donors (Lipinski definition) is 2. The largest absolute Gasteiger partial charge is 0.487 e. The first-order valence-electron chi connectivity index (χ1n) is 10.4. The SMILES string of the molecule is C[C@@H](NS(=O)(=O)CCCOCN1CC(=O)NC1=O)c1ccc(F)c(OC2CCCC2)c1. The Balaban J connectivity index is 1.44. The van der Waals surface area contributed by atoms with Gasteiger partial charge >= 0.3 is 6.03 Å². The zero-order valence-corrected chi connectivity index (χ0v) is 18.3. The molecule has 0 bridgehead atoms. The Labute approximate surface area is 181 Å². The van der Waals surface area contributed by atoms with Gasteiger partial charge in [0.05, 0.1) is 11.9 Å². The molecule has 1 heterocycles. The number of benzene rings is 1. The van der Waals surface area contributed by atoms with Crippen molar-refractivity contribution in [3.05, 3.63) is 29.6 Å². The summed E-state index contributed by atoms with van der Waals surface area (Å²) in [6.07, 6.45) is 4.14. The van der Waals surface area contributed by atoms with Crippen LogP contribution in [0.4, 0.5) is 9.18 Å². The van der Waals surface area contributed by atoms with Crippen molar-refractivity contribution < 1.29 is 31.9 Å². The van der Waals surface area contributed by atoms with E-state index in [2.05, 4.69) is 10.0 Å². The summed E-state index contributed by atoms with van der Waals surface area (Å²) >= 11 is 0. The van der Waals surface area contributed by atoms with Crippen molar-refractivity contribution in [1.29, 1.82) is 0 Å². The van der Waals surface area contributed by atoms with Crippen molar-refractivity contribution in [3.8, 4) is 5.75 Å². The molecule has 0 radical (unpaired) electrons. The van der Waals surface area contributed by atoms with Gasteiger partial charge in [0.15, 0.2) is 11.6 Å². The Bertz CT molecular complexity index is 904. The molecular formula is C20H28FN3O6S. The first kappa shape index (κ1) is 23.4. The van der Waals surface area contributed by atoms with Gasteiger partial charge in [0.2, 0.25) is 15.9 Å². The number of sulfonamides is 1. The second-order valence-corrected chi connectivity index (χ2v) is 9.69. The van der Waals surface area contributed by atoms with Crippen molar-refractivity contribution in [2.24, 2.45) is 0 Å². The molecule has 3 rings (SSSR count). The molecular weight excluding hydrogens is 429 g/mol. The summed E-state index contributed by atoms with van der Waals surface area (Å²) in [6, 6.07) is 3.29. The molecule has 3 amide bonds. The predicted molar refractivity (Wildman–Crippen MR) is 110 cm³/mol. The van der Waals surface area contributed by atoms with Crippen LogP contribution in [0.25, 0.3) is 0 Å². The quantitative estimate of drug-likeness (QED) is 0.388. The van der Waals surface area contributed by atoms with E-state index in [0.29, 0.717) is 5.56 Å². The molecule has 2 N–H and O–H groups in total. The predicted octanol–water partition coefficient (Wildman–Crippen LogP) is 2.04. The molecule has 0 spiro atoms. The third-order valence-corrected chi connectivity index (χ3v) is 6.76. The molecule has 1 atom stereocenters. The topological polar surface area (TPSA) is 114 Å². The van der Waals surface area contributed by atoms with E-state index in [9.17, 15) is 22.4 Å². The number of halogens is 1. The number of carbonyl (C=O) groups is 2. The number of imide groups is 1. The van der Waals surface area contributed by atoms with Gasteiger partial charge in [-0.25, -0.2) is 22.3 Å². The molecule has 1 saturated carbocycles. The van der Waals surface area contributed by atoms with Crippen molar-refractivity contribution in [2.45, 2.75) is 51.2 Å². The Morgan fingerprint density at radius 1 is 1.29 bits per heavy atom. The highest BCUT2D eigenvalue weighted by Gasteiger charge is 2.26. The average molecular weight is 458 g/mol. The zero-order valence-electron chi connectivity index (χ0n) is 17.4. The van der Waals surface area contributed by atoms with Crippen LogP contribution in [0.2, 0.25) is 0 Å². The zero-order chi connectivity index (χ0) is 22.4. The van der Waals surface area contributed by atoms with Crippen molar-refractivity contribution in [3.63, 3.8) is 0 Å². The minimum atomic E-state index is -3.60. The first-order chi connectivity index (χ1) is 14.7. The number of nitrogens with one attached hydrogen (secondary N) is 2. The molecule has 11 heteroatoms. The molecule has 1 aromatic rings. The summed E-state index contributed by atoms with van der Waals surface area (Å²) in [5.74, 6) is -0.883. The van der Waals surface area contributed by atoms with E-state index in [4.69, 9.17) is 9.47 Å². The van der Waals surface area contributed by atoms with Crippen LogP contribution in [0.3, 0.4) is 0 Å². The molecule has 1 aromatic carbocycles. The summed E-state index contributed by atoms with van der Waals surface area (Å²) in [4.78, 5) is 23.7. The Morgan fingerprint density at radius 2 is 2.03 bits per heavy atom.